The van der Waals surface area contributed by atoms with Gasteiger partial charge in [-0.3, -0.25) is 9.55 Å². The molecule has 0 spiro atoms. The fraction of sp³-hybridized carbons (Fsp3) is 0.286. The number of hydrogen-bond donors (Lipinski definition) is 1. The number of aliphatic hydroxyl groups is 1. The summed E-state index contributed by atoms with van der Waals surface area (Å²) >= 11 is 12.1. The third kappa shape index (κ3) is 5.55. The lowest BCUT2D eigenvalue weighted by atomic mass is 10.2. The number of hydrogen-bond acceptors (Lipinski definition) is 6. The van der Waals surface area contributed by atoms with Crippen LogP contribution in [0.15, 0.2) is 47.5 Å². The van der Waals surface area contributed by atoms with E-state index >= 15 is 0 Å². The summed E-state index contributed by atoms with van der Waals surface area (Å²) in [5, 5.41) is 19.4. The van der Waals surface area contributed by atoms with Crippen LogP contribution in [0.25, 0.3) is 17.1 Å². The lowest BCUT2D eigenvalue weighted by Crippen LogP contribution is -2.27. The highest BCUT2D eigenvalue weighted by Crippen LogP contribution is 2.24. The van der Waals surface area contributed by atoms with Gasteiger partial charge >= 0.3 is 11.9 Å². The Hall–Kier alpha value is -3.22. The second-order valence-corrected chi connectivity index (χ2v) is 8.43. The van der Waals surface area contributed by atoms with Crippen molar-refractivity contribution < 1.29 is 18.3 Å². The maximum absolute atomic E-state index is 13.0. The summed E-state index contributed by atoms with van der Waals surface area (Å²) < 4.78 is 42.0. The minimum absolute atomic E-state index is 0.0447. The highest BCUT2D eigenvalue weighted by molar-refractivity contribution is 6.32. The molecule has 3 aromatic heterocycles. The zero-order valence-electron chi connectivity index (χ0n) is 18.1. The van der Waals surface area contributed by atoms with Crippen molar-refractivity contribution in [3.05, 3.63) is 74.9 Å². The van der Waals surface area contributed by atoms with Crippen molar-refractivity contribution in [1.29, 1.82) is 0 Å². The molecule has 35 heavy (non-hydrogen) atoms. The largest absolute Gasteiger partial charge is 0.390 e. The van der Waals surface area contributed by atoms with Gasteiger partial charge in [-0.05, 0) is 37.3 Å². The minimum atomic E-state index is -4.46. The molecule has 0 saturated carbocycles. The van der Waals surface area contributed by atoms with Gasteiger partial charge in [-0.15, -0.1) is 10.2 Å². The zero-order valence-corrected chi connectivity index (χ0v) is 19.6. The van der Waals surface area contributed by atoms with Crippen LogP contribution in [0.2, 0.25) is 10.0 Å². The van der Waals surface area contributed by atoms with Gasteiger partial charge in [-0.1, -0.05) is 23.2 Å². The van der Waals surface area contributed by atoms with Crippen molar-refractivity contribution in [1.82, 2.24) is 34.1 Å². The summed E-state index contributed by atoms with van der Waals surface area (Å²) in [5.41, 5.74) is 0.0523. The summed E-state index contributed by atoms with van der Waals surface area (Å²) in [6.45, 7) is 0.609. The van der Waals surface area contributed by atoms with Crippen LogP contribution >= 0.6 is 23.2 Å². The average Bonchev–Trinajstić information content (AvgIpc) is 3.34. The molecule has 14 heteroatoms. The third-order valence-electron chi connectivity index (χ3n) is 4.96. The van der Waals surface area contributed by atoms with E-state index in [9.17, 15) is 23.1 Å². The Morgan fingerprint density at radius 2 is 1.83 bits per heavy atom. The number of benzene rings is 1. The molecule has 0 aliphatic rings. The summed E-state index contributed by atoms with van der Waals surface area (Å²) in [6, 6.07) is 7.78. The zero-order chi connectivity index (χ0) is 25.3. The van der Waals surface area contributed by atoms with E-state index in [-0.39, 0.29) is 29.0 Å². The fourth-order valence-electron chi connectivity index (χ4n) is 3.35. The van der Waals surface area contributed by atoms with Crippen LogP contribution in [0.3, 0.4) is 0 Å². The van der Waals surface area contributed by atoms with E-state index in [0.29, 0.717) is 16.3 Å². The van der Waals surface area contributed by atoms with Crippen molar-refractivity contribution in [3.8, 4) is 17.1 Å². The smallest absolute Gasteiger partial charge is 0.385 e. The van der Waals surface area contributed by atoms with E-state index in [1.54, 1.807) is 30.3 Å². The molecule has 1 N–H and O–H groups in total. The number of nitrogens with zero attached hydrogens (tertiary/aromatic N) is 7. The second-order valence-electron chi connectivity index (χ2n) is 7.59. The van der Waals surface area contributed by atoms with Crippen LogP contribution in [0.5, 0.6) is 0 Å². The van der Waals surface area contributed by atoms with Gasteiger partial charge in [0.15, 0.2) is 17.5 Å². The SMILES string of the molecule is CC(O)c1nc(Cn2nc(-c3ccc(Cl)cc3)n(CCC(F)(F)F)c2=O)nn1-c1ccncc1Cl. The van der Waals surface area contributed by atoms with Crippen molar-refractivity contribution in [3.63, 3.8) is 0 Å². The third-order valence-corrected chi connectivity index (χ3v) is 5.51. The van der Waals surface area contributed by atoms with Crippen LogP contribution in [0.1, 0.15) is 31.1 Å². The lowest BCUT2D eigenvalue weighted by molar-refractivity contribution is -0.136. The van der Waals surface area contributed by atoms with Gasteiger partial charge in [0.1, 0.15) is 12.6 Å². The maximum Gasteiger partial charge on any atom is 0.390 e. The number of pyridine rings is 1. The Morgan fingerprint density at radius 3 is 2.46 bits per heavy atom. The highest BCUT2D eigenvalue weighted by atomic mass is 35.5. The van der Waals surface area contributed by atoms with E-state index in [4.69, 9.17) is 23.2 Å². The van der Waals surface area contributed by atoms with Crippen molar-refractivity contribution in [2.75, 3.05) is 0 Å². The molecule has 0 aliphatic carbocycles. The van der Waals surface area contributed by atoms with Gasteiger partial charge in [0, 0.05) is 29.5 Å². The Morgan fingerprint density at radius 1 is 1.11 bits per heavy atom. The molecule has 9 nitrogen and oxygen atoms in total. The molecule has 4 aromatic rings. The molecule has 184 valence electrons. The van der Waals surface area contributed by atoms with E-state index in [1.807, 2.05) is 0 Å². The van der Waals surface area contributed by atoms with Crippen LogP contribution in [-0.4, -0.2) is 45.4 Å². The van der Waals surface area contributed by atoms with Gasteiger partial charge in [0.25, 0.3) is 0 Å². The molecule has 3 heterocycles. The molecule has 0 aliphatic heterocycles. The Bertz CT molecular complexity index is 1400. The molecule has 0 amide bonds. The standard InChI is InChI=1S/C21H18Cl2F3N7O2/c1-12(34)18-28-17(29-33(18)16-6-8-27-10-15(16)23)11-32-20(35)31(9-7-21(24,25)26)19(30-32)13-2-4-14(22)5-3-13/h2-6,8,10,12,34H,7,9,11H2,1H3. The van der Waals surface area contributed by atoms with Gasteiger partial charge in [-0.2, -0.15) is 13.2 Å². The number of aliphatic hydroxyl groups excluding tert-OH is 1. The van der Waals surface area contributed by atoms with Crippen LogP contribution in [-0.2, 0) is 13.1 Å². The predicted molar refractivity (Wildman–Crippen MR) is 122 cm³/mol. The number of rotatable bonds is 7. The Labute approximate surface area is 206 Å². The maximum atomic E-state index is 13.0. The van der Waals surface area contributed by atoms with Gasteiger partial charge in [0.2, 0.25) is 0 Å². The fourth-order valence-corrected chi connectivity index (χ4v) is 3.68. The molecular weight excluding hydrogens is 510 g/mol. The van der Waals surface area contributed by atoms with Gasteiger partial charge in [0.05, 0.1) is 17.1 Å². The number of aromatic nitrogens is 7. The Kier molecular flexibility index (Phi) is 6.97. The van der Waals surface area contributed by atoms with E-state index < -0.39 is 30.9 Å². The molecule has 0 bridgehead atoms. The topological polar surface area (TPSA) is 104 Å². The molecule has 4 rings (SSSR count). The molecule has 1 atom stereocenters. The first-order valence-electron chi connectivity index (χ1n) is 10.3. The van der Waals surface area contributed by atoms with E-state index in [0.717, 1.165) is 9.25 Å². The van der Waals surface area contributed by atoms with Crippen LogP contribution in [0.4, 0.5) is 13.2 Å². The average molecular weight is 528 g/mol. The normalized spacial score (nSPS) is 12.8. The minimum Gasteiger partial charge on any atom is -0.385 e. The first-order valence-corrected chi connectivity index (χ1v) is 11.0. The van der Waals surface area contributed by atoms with E-state index in [2.05, 4.69) is 20.2 Å². The van der Waals surface area contributed by atoms with Crippen molar-refractivity contribution in [2.45, 2.75) is 38.7 Å². The second kappa shape index (κ2) is 9.80. The number of alkyl halides is 3. The molecule has 0 radical (unpaired) electrons. The highest BCUT2D eigenvalue weighted by Gasteiger charge is 2.29. The van der Waals surface area contributed by atoms with Gasteiger partial charge in [-0.25, -0.2) is 19.1 Å². The molecule has 1 unspecified atom stereocenters. The Balaban J connectivity index is 1.75. The summed E-state index contributed by atoms with van der Waals surface area (Å²) in [6.07, 6.45) is -3.82. The summed E-state index contributed by atoms with van der Waals surface area (Å²) in [4.78, 5) is 21.2. The molecule has 1 aromatic carbocycles. The first-order chi connectivity index (χ1) is 16.5. The van der Waals surface area contributed by atoms with Crippen LogP contribution in [0, 0.1) is 0 Å². The monoisotopic (exact) mass is 527 g/mol. The van der Waals surface area contributed by atoms with Crippen LogP contribution < -0.4 is 5.69 Å². The predicted octanol–water partition coefficient (Wildman–Crippen LogP) is 4.05. The molecule has 0 saturated heterocycles. The lowest BCUT2D eigenvalue weighted by Gasteiger charge is -2.08. The molecular formula is C21H18Cl2F3N7O2. The number of halogens is 5. The first kappa shape index (κ1) is 24.9. The quantitative estimate of drug-likeness (QED) is 0.388. The van der Waals surface area contributed by atoms with Crippen molar-refractivity contribution >= 4 is 23.2 Å². The summed E-state index contributed by atoms with van der Waals surface area (Å²) in [7, 11) is 0. The molecule has 0 fully saturated rings. The van der Waals surface area contributed by atoms with Gasteiger partial charge < -0.3 is 5.11 Å². The summed E-state index contributed by atoms with van der Waals surface area (Å²) in [5.74, 6) is 0.290. The van der Waals surface area contributed by atoms with Crippen molar-refractivity contribution in [2.24, 2.45) is 0 Å². The van der Waals surface area contributed by atoms with E-state index in [1.165, 1.54) is 24.0 Å².